The zero-order valence-electron chi connectivity index (χ0n) is 23.2. The number of anilines is 3. The molecule has 0 aromatic heterocycles. The molecule has 4 aliphatic heterocycles. The summed E-state index contributed by atoms with van der Waals surface area (Å²) in [4.78, 5) is 43.6. The Morgan fingerprint density at radius 2 is 1.98 bits per heavy atom. The molecular formula is C30H36FN3O5Si. The van der Waals surface area contributed by atoms with Gasteiger partial charge in [0.15, 0.2) is 5.60 Å². The average molecular weight is 566 g/mol. The molecule has 5 atom stereocenters. The highest BCUT2D eigenvalue weighted by atomic mass is 28.4. The van der Waals surface area contributed by atoms with Crippen molar-refractivity contribution >= 4 is 43.2 Å². The second-order valence-electron chi connectivity index (χ2n) is 12.1. The van der Waals surface area contributed by atoms with Gasteiger partial charge in [-0.15, -0.1) is 0 Å². The normalized spacial score (nSPS) is 29.6. The molecule has 0 radical (unpaired) electrons. The highest BCUT2D eigenvalue weighted by molar-refractivity contribution is 6.72. The number of halogens is 1. The van der Waals surface area contributed by atoms with Gasteiger partial charge < -0.3 is 24.2 Å². The summed E-state index contributed by atoms with van der Waals surface area (Å²) >= 11 is 0. The smallest absolute Gasteiger partial charge is 0.261 e. The Morgan fingerprint density at radius 3 is 2.73 bits per heavy atom. The fraction of sp³-hybridized carbons (Fsp3) is 0.500. The number of para-hydroxylation sites is 1. The van der Waals surface area contributed by atoms with E-state index in [4.69, 9.17) is 4.74 Å². The molecule has 8 nitrogen and oxygen atoms in total. The first-order valence-corrected chi connectivity index (χ1v) is 17.2. The number of carbonyl (C=O) groups is 3. The molecule has 0 aliphatic carbocycles. The second-order valence-corrected chi connectivity index (χ2v) is 15.9. The van der Waals surface area contributed by atoms with Crippen LogP contribution in [0.15, 0.2) is 42.5 Å². The Balaban J connectivity index is 1.39. The van der Waals surface area contributed by atoms with Crippen molar-refractivity contribution in [1.29, 1.82) is 0 Å². The number of amides is 3. The zero-order valence-corrected chi connectivity index (χ0v) is 24.2. The van der Waals surface area contributed by atoms with E-state index in [9.17, 15) is 19.5 Å². The number of hydrogen-bond donors (Lipinski definition) is 2. The Kier molecular flexibility index (Phi) is 6.63. The number of nitrogens with zero attached hydrogens (tertiary/aromatic N) is 2. The number of carbonyl (C=O) groups excluding carboxylic acids is 3. The van der Waals surface area contributed by atoms with Gasteiger partial charge in [-0.3, -0.25) is 19.3 Å². The summed E-state index contributed by atoms with van der Waals surface area (Å²) in [5.74, 6) is -1.12. The number of benzene rings is 2. The van der Waals surface area contributed by atoms with Crippen molar-refractivity contribution in [2.75, 3.05) is 23.4 Å². The van der Waals surface area contributed by atoms with E-state index in [2.05, 4.69) is 5.32 Å². The molecule has 40 heavy (non-hydrogen) atoms. The number of likely N-dealkylation sites (tertiary alicyclic amines) is 1. The minimum absolute atomic E-state index is 0.0342. The van der Waals surface area contributed by atoms with E-state index >= 15 is 4.11 Å². The van der Waals surface area contributed by atoms with Crippen molar-refractivity contribution in [2.24, 2.45) is 5.92 Å². The lowest BCUT2D eigenvalue weighted by atomic mass is 9.82. The van der Waals surface area contributed by atoms with Crippen molar-refractivity contribution in [2.45, 2.75) is 75.4 Å². The van der Waals surface area contributed by atoms with Crippen LogP contribution in [-0.2, 0) is 31.1 Å². The highest BCUT2D eigenvalue weighted by Gasteiger charge is 2.65. The molecule has 6 rings (SSSR count). The Morgan fingerprint density at radius 1 is 1.20 bits per heavy atom. The van der Waals surface area contributed by atoms with Crippen molar-refractivity contribution < 1.29 is 28.3 Å². The minimum Gasteiger partial charge on any atom is -0.394 e. The number of ether oxygens (including phenoxy) is 1. The fourth-order valence-corrected chi connectivity index (χ4v) is 10.0. The lowest BCUT2D eigenvalue weighted by Gasteiger charge is -2.32. The third-order valence-corrected chi connectivity index (χ3v) is 11.8. The standard InChI is InChI=1S/C30H36FN3O5Si/c1-18-28(40(2,3)31)25(16-27(37)33-14-6-8-21(33)17-35)39-30(18)22-15-20(11-12-23(22)32-29(30)38)34-24-9-5-4-7-19(24)10-13-26(34)36/h4-5,7,9,11-12,15,18,21,25,28,35H,6,8,10,13-14,16-17H2,1-3H3,(H,32,38)/t18-,21-,25+,28-,30+/m0/s1. The maximum Gasteiger partial charge on any atom is 0.261 e. The SMILES string of the molecule is C[C@H]1[C@H]([Si](C)(C)F)[C@@H](CC(=O)N2CCC[C@H]2CO)O[C@]12C(=O)Nc1ccc(N3C(=O)CCc4ccccc43)cc12. The summed E-state index contributed by atoms with van der Waals surface area (Å²) in [6, 6.07) is 13.0. The number of hydrogen-bond acceptors (Lipinski definition) is 5. The molecule has 1 spiro atoms. The molecular weight excluding hydrogens is 529 g/mol. The van der Waals surface area contributed by atoms with Gasteiger partial charge in [0.2, 0.25) is 20.2 Å². The molecule has 212 valence electrons. The van der Waals surface area contributed by atoms with Crippen LogP contribution in [0.3, 0.4) is 0 Å². The molecule has 0 unspecified atom stereocenters. The lowest BCUT2D eigenvalue weighted by Crippen LogP contribution is -2.42. The Hall–Kier alpha value is -3.08. The maximum absolute atomic E-state index is 16.0. The first-order valence-electron chi connectivity index (χ1n) is 14.2. The van der Waals surface area contributed by atoms with E-state index in [1.54, 1.807) is 29.0 Å². The van der Waals surface area contributed by atoms with Crippen molar-refractivity contribution in [1.82, 2.24) is 4.90 Å². The van der Waals surface area contributed by atoms with Gasteiger partial charge >= 0.3 is 0 Å². The van der Waals surface area contributed by atoms with Gasteiger partial charge in [-0.05, 0) is 62.2 Å². The topological polar surface area (TPSA) is 99.2 Å². The summed E-state index contributed by atoms with van der Waals surface area (Å²) in [5.41, 5.74) is 1.57. The van der Waals surface area contributed by atoms with Crippen molar-refractivity contribution in [3.05, 3.63) is 53.6 Å². The molecule has 2 aromatic carbocycles. The van der Waals surface area contributed by atoms with Gasteiger partial charge in [-0.25, -0.2) is 0 Å². The van der Waals surface area contributed by atoms with Gasteiger partial charge in [-0.2, -0.15) is 0 Å². The number of rotatable bonds is 5. The van der Waals surface area contributed by atoms with Crippen LogP contribution in [0.25, 0.3) is 0 Å². The first kappa shape index (κ1) is 27.1. The molecule has 2 fully saturated rings. The van der Waals surface area contributed by atoms with Crippen LogP contribution >= 0.6 is 0 Å². The van der Waals surface area contributed by atoms with Gasteiger partial charge in [0.1, 0.15) is 0 Å². The molecule has 3 amide bonds. The van der Waals surface area contributed by atoms with Gasteiger partial charge in [0, 0.05) is 41.4 Å². The van der Waals surface area contributed by atoms with Crippen LogP contribution in [0.4, 0.5) is 21.2 Å². The Bertz CT molecular complexity index is 1380. The lowest BCUT2D eigenvalue weighted by molar-refractivity contribution is -0.148. The predicted octanol–water partition coefficient (Wildman–Crippen LogP) is 4.40. The zero-order chi connectivity index (χ0) is 28.4. The molecule has 0 bridgehead atoms. The van der Waals surface area contributed by atoms with Crippen LogP contribution in [-0.4, -0.2) is 61.4 Å². The number of nitrogens with one attached hydrogen (secondary N) is 1. The highest BCUT2D eigenvalue weighted by Crippen LogP contribution is 2.59. The molecule has 2 saturated heterocycles. The summed E-state index contributed by atoms with van der Waals surface area (Å²) in [6.45, 7) is 5.50. The van der Waals surface area contributed by atoms with Crippen LogP contribution in [0.5, 0.6) is 0 Å². The number of aryl methyl sites for hydroxylation is 1. The van der Waals surface area contributed by atoms with Crippen LogP contribution in [0.2, 0.25) is 18.6 Å². The monoisotopic (exact) mass is 565 g/mol. The number of fused-ring (bicyclic) bond motifs is 3. The van der Waals surface area contributed by atoms with Crippen LogP contribution in [0.1, 0.15) is 43.7 Å². The molecule has 2 aromatic rings. The first-order chi connectivity index (χ1) is 19.1. The number of aliphatic hydroxyl groups is 1. The maximum atomic E-state index is 16.0. The average Bonchev–Trinajstić information content (AvgIpc) is 3.59. The minimum atomic E-state index is -3.42. The summed E-state index contributed by atoms with van der Waals surface area (Å²) < 4.78 is 22.6. The third-order valence-electron chi connectivity index (χ3n) is 9.33. The van der Waals surface area contributed by atoms with Crippen LogP contribution in [0, 0.1) is 5.92 Å². The summed E-state index contributed by atoms with van der Waals surface area (Å²) in [6.07, 6.45) is 1.76. The quantitative estimate of drug-likeness (QED) is 0.414. The van der Waals surface area contributed by atoms with Crippen molar-refractivity contribution in [3.63, 3.8) is 0 Å². The largest absolute Gasteiger partial charge is 0.394 e. The van der Waals surface area contributed by atoms with E-state index in [1.807, 2.05) is 43.3 Å². The Labute approximate surface area is 234 Å². The van der Waals surface area contributed by atoms with Gasteiger partial charge in [0.25, 0.3) is 5.91 Å². The predicted molar refractivity (Wildman–Crippen MR) is 151 cm³/mol. The van der Waals surface area contributed by atoms with Gasteiger partial charge in [-0.1, -0.05) is 25.1 Å². The fourth-order valence-electron chi connectivity index (χ4n) is 7.55. The van der Waals surface area contributed by atoms with E-state index in [-0.39, 0.29) is 36.8 Å². The third kappa shape index (κ3) is 4.11. The molecule has 10 heteroatoms. The van der Waals surface area contributed by atoms with Crippen molar-refractivity contribution in [3.8, 4) is 0 Å². The molecule has 4 heterocycles. The summed E-state index contributed by atoms with van der Waals surface area (Å²) in [5, 5.41) is 12.7. The van der Waals surface area contributed by atoms with E-state index < -0.39 is 31.6 Å². The second kappa shape index (κ2) is 9.78. The van der Waals surface area contributed by atoms with E-state index in [0.29, 0.717) is 36.3 Å². The van der Waals surface area contributed by atoms with E-state index in [1.165, 1.54) is 0 Å². The number of aliphatic hydroxyl groups excluding tert-OH is 1. The van der Waals surface area contributed by atoms with E-state index in [0.717, 1.165) is 24.1 Å². The molecule has 2 N–H and O–H groups in total. The molecule has 0 saturated carbocycles. The van der Waals surface area contributed by atoms with Crippen LogP contribution < -0.4 is 10.2 Å². The van der Waals surface area contributed by atoms with Gasteiger partial charge in [0.05, 0.1) is 30.9 Å². The molecule has 4 aliphatic rings. The summed E-state index contributed by atoms with van der Waals surface area (Å²) in [7, 11) is -3.42.